The Hall–Kier alpha value is -3.25. The van der Waals surface area contributed by atoms with Crippen LogP contribution in [-0.2, 0) is 6.42 Å². The predicted octanol–water partition coefficient (Wildman–Crippen LogP) is 4.67. The third-order valence-corrected chi connectivity index (χ3v) is 5.87. The molecule has 0 amide bonds. The maximum absolute atomic E-state index is 13.0. The molecule has 3 N–H and O–H groups in total. The van der Waals surface area contributed by atoms with E-state index in [0.29, 0.717) is 24.2 Å². The van der Waals surface area contributed by atoms with Gasteiger partial charge in [0.2, 0.25) is 5.43 Å². The van der Waals surface area contributed by atoms with Crippen LogP contribution in [0.15, 0.2) is 57.5 Å². The molecule has 0 saturated carbocycles. The number of phenolic OH excluding ortho intramolecular Hbond substituents is 2. The Bertz CT molecular complexity index is 1230. The number of allylic oxidation sites excluding steroid dienone is 2. The molecule has 2 heterocycles. The Morgan fingerprint density at radius 2 is 2.00 bits per heavy atom. The minimum Gasteiger partial charge on any atom is -0.508 e. The fraction of sp³-hybridized carbons (Fsp3) is 0.320. The van der Waals surface area contributed by atoms with Gasteiger partial charge in [-0.1, -0.05) is 17.7 Å². The first-order valence-corrected chi connectivity index (χ1v) is 10.3. The number of hydrogen-bond acceptors (Lipinski definition) is 6. The minimum absolute atomic E-state index is 0.0103. The van der Waals surface area contributed by atoms with Crippen LogP contribution in [-0.4, -0.2) is 27.0 Å². The Morgan fingerprint density at radius 3 is 2.74 bits per heavy atom. The molecule has 1 aromatic heterocycles. The molecule has 0 aliphatic carbocycles. The highest BCUT2D eigenvalue weighted by Gasteiger charge is 2.39. The second-order valence-electron chi connectivity index (χ2n) is 8.59. The maximum atomic E-state index is 13.0. The Kier molecular flexibility index (Phi) is 5.27. The van der Waals surface area contributed by atoms with Crippen LogP contribution >= 0.6 is 0 Å². The molecule has 1 aliphatic heterocycles. The summed E-state index contributed by atoms with van der Waals surface area (Å²) < 4.78 is 11.7. The lowest BCUT2D eigenvalue weighted by Gasteiger charge is -2.40. The first-order valence-electron chi connectivity index (χ1n) is 10.3. The number of ether oxygens (including phenoxy) is 1. The van der Waals surface area contributed by atoms with Gasteiger partial charge in [0.25, 0.3) is 0 Å². The van der Waals surface area contributed by atoms with Crippen molar-refractivity contribution >= 4 is 11.0 Å². The van der Waals surface area contributed by atoms with Crippen LogP contribution in [0.5, 0.6) is 17.2 Å². The highest BCUT2D eigenvalue weighted by molar-refractivity contribution is 5.88. The van der Waals surface area contributed by atoms with Gasteiger partial charge in [0, 0.05) is 18.6 Å². The summed E-state index contributed by atoms with van der Waals surface area (Å²) in [5, 5.41) is 30.5. The van der Waals surface area contributed by atoms with E-state index in [4.69, 9.17) is 9.15 Å². The number of fused-ring (bicyclic) bond motifs is 2. The highest BCUT2D eigenvalue weighted by Crippen LogP contribution is 2.38. The molecule has 2 aromatic carbocycles. The average Bonchev–Trinajstić information content (AvgIpc) is 2.68. The first-order chi connectivity index (χ1) is 14.7. The molecule has 0 bridgehead atoms. The molecule has 2 unspecified atom stereocenters. The molecule has 0 saturated heterocycles. The van der Waals surface area contributed by atoms with Gasteiger partial charge >= 0.3 is 0 Å². The number of benzene rings is 2. The van der Waals surface area contributed by atoms with Crippen LogP contribution in [0.1, 0.15) is 39.2 Å². The Labute approximate surface area is 180 Å². The van der Waals surface area contributed by atoms with Crippen molar-refractivity contribution in [2.75, 3.05) is 0 Å². The van der Waals surface area contributed by atoms with Gasteiger partial charge in [0.1, 0.15) is 40.1 Å². The van der Waals surface area contributed by atoms with E-state index in [1.165, 1.54) is 17.9 Å². The van der Waals surface area contributed by atoms with Crippen molar-refractivity contribution in [2.45, 2.75) is 51.7 Å². The third-order valence-electron chi connectivity index (χ3n) is 5.87. The maximum Gasteiger partial charge on any atom is 0.204 e. The van der Waals surface area contributed by atoms with Crippen molar-refractivity contribution < 1.29 is 24.5 Å². The molecule has 3 aromatic rings. The Morgan fingerprint density at radius 1 is 1.23 bits per heavy atom. The van der Waals surface area contributed by atoms with E-state index in [9.17, 15) is 20.1 Å². The second-order valence-corrected chi connectivity index (χ2v) is 8.59. The SMILES string of the molecule is CC(C)=CCCC1(C)Oc2ccc(-c3coc4cc(O)cc(O)c4c3=O)cc2CC1O. The largest absolute Gasteiger partial charge is 0.508 e. The number of aliphatic hydroxyl groups is 1. The van der Waals surface area contributed by atoms with E-state index in [2.05, 4.69) is 6.08 Å². The molecule has 6 heteroatoms. The quantitative estimate of drug-likeness (QED) is 0.528. The van der Waals surface area contributed by atoms with E-state index in [1.54, 1.807) is 12.1 Å². The van der Waals surface area contributed by atoms with Gasteiger partial charge < -0.3 is 24.5 Å². The lowest BCUT2D eigenvalue weighted by molar-refractivity contribution is -0.0587. The van der Waals surface area contributed by atoms with Crippen LogP contribution < -0.4 is 10.2 Å². The van der Waals surface area contributed by atoms with Crippen LogP contribution in [0, 0.1) is 0 Å². The number of aromatic hydroxyl groups is 2. The van der Waals surface area contributed by atoms with E-state index >= 15 is 0 Å². The topological polar surface area (TPSA) is 100 Å². The molecule has 162 valence electrons. The summed E-state index contributed by atoms with van der Waals surface area (Å²) in [5.74, 6) is 0.162. The average molecular weight is 422 g/mol. The second kappa shape index (κ2) is 7.78. The van der Waals surface area contributed by atoms with Crippen molar-refractivity contribution in [3.8, 4) is 28.4 Å². The zero-order valence-electron chi connectivity index (χ0n) is 17.8. The molecule has 31 heavy (non-hydrogen) atoms. The van der Waals surface area contributed by atoms with Gasteiger partial charge in [-0.05, 0) is 56.9 Å². The summed E-state index contributed by atoms with van der Waals surface area (Å²) in [6.45, 7) is 6.01. The number of hydrogen-bond donors (Lipinski definition) is 3. The molecule has 0 radical (unpaired) electrons. The fourth-order valence-electron chi connectivity index (χ4n) is 4.03. The zero-order chi connectivity index (χ0) is 22.3. The summed E-state index contributed by atoms with van der Waals surface area (Å²) in [5.41, 5.74) is 1.94. The van der Waals surface area contributed by atoms with Crippen LogP contribution in [0.25, 0.3) is 22.1 Å². The van der Waals surface area contributed by atoms with Crippen molar-refractivity contribution in [3.63, 3.8) is 0 Å². The van der Waals surface area contributed by atoms with Crippen LogP contribution in [0.3, 0.4) is 0 Å². The molecular formula is C25H26O6. The van der Waals surface area contributed by atoms with Crippen LogP contribution in [0.2, 0.25) is 0 Å². The molecule has 0 fully saturated rings. The summed E-state index contributed by atoms with van der Waals surface area (Å²) >= 11 is 0. The minimum atomic E-state index is -0.684. The first kappa shape index (κ1) is 21.0. The van der Waals surface area contributed by atoms with Crippen molar-refractivity contribution in [3.05, 3.63) is 64.0 Å². The molecule has 6 nitrogen and oxygen atoms in total. The van der Waals surface area contributed by atoms with Gasteiger partial charge in [-0.2, -0.15) is 0 Å². The highest BCUT2D eigenvalue weighted by atomic mass is 16.5. The lowest BCUT2D eigenvalue weighted by atomic mass is 9.85. The predicted molar refractivity (Wildman–Crippen MR) is 119 cm³/mol. The van der Waals surface area contributed by atoms with Crippen molar-refractivity contribution in [1.82, 2.24) is 0 Å². The van der Waals surface area contributed by atoms with Gasteiger partial charge in [-0.15, -0.1) is 0 Å². The standard InChI is InChI=1S/C25H26O6/c1-14(2)5-4-8-25(3)22(28)10-16-9-15(6-7-20(16)31-25)18-13-30-21-12-17(26)11-19(27)23(21)24(18)29/h5-7,9,11-13,22,26-28H,4,8,10H2,1-3H3. The Balaban J connectivity index is 1.69. The summed E-state index contributed by atoms with van der Waals surface area (Å²) in [4.78, 5) is 13.0. The van der Waals surface area contributed by atoms with Gasteiger partial charge in [0.05, 0.1) is 11.7 Å². The molecule has 1 aliphatic rings. The third kappa shape index (κ3) is 3.91. The number of aliphatic hydroxyl groups excluding tert-OH is 1. The number of rotatable bonds is 4. The van der Waals surface area contributed by atoms with E-state index in [0.717, 1.165) is 18.1 Å². The van der Waals surface area contributed by atoms with E-state index < -0.39 is 17.1 Å². The molecule has 0 spiro atoms. The summed E-state index contributed by atoms with van der Waals surface area (Å²) in [6.07, 6.45) is 4.69. The summed E-state index contributed by atoms with van der Waals surface area (Å²) in [6, 6.07) is 7.77. The normalized spacial score (nSPS) is 20.2. The smallest absolute Gasteiger partial charge is 0.204 e. The fourth-order valence-corrected chi connectivity index (χ4v) is 4.03. The van der Waals surface area contributed by atoms with Gasteiger partial charge in [-0.3, -0.25) is 4.79 Å². The molecular weight excluding hydrogens is 396 g/mol. The van der Waals surface area contributed by atoms with E-state index in [1.807, 2.05) is 26.8 Å². The monoisotopic (exact) mass is 422 g/mol. The van der Waals surface area contributed by atoms with E-state index in [-0.39, 0.29) is 28.0 Å². The number of phenols is 2. The van der Waals surface area contributed by atoms with Crippen molar-refractivity contribution in [1.29, 1.82) is 0 Å². The van der Waals surface area contributed by atoms with Gasteiger partial charge in [-0.25, -0.2) is 0 Å². The zero-order valence-corrected chi connectivity index (χ0v) is 17.8. The summed E-state index contributed by atoms with van der Waals surface area (Å²) in [7, 11) is 0. The van der Waals surface area contributed by atoms with Crippen molar-refractivity contribution in [2.24, 2.45) is 0 Å². The molecule has 2 atom stereocenters. The van der Waals surface area contributed by atoms with Crippen LogP contribution in [0.4, 0.5) is 0 Å². The van der Waals surface area contributed by atoms with Gasteiger partial charge in [0.15, 0.2) is 0 Å². The lowest BCUT2D eigenvalue weighted by Crippen LogP contribution is -2.48. The molecule has 4 rings (SSSR count).